The molecule has 72 valence electrons. The second-order valence-corrected chi connectivity index (χ2v) is 4.42. The van der Waals surface area contributed by atoms with E-state index in [2.05, 4.69) is 41.8 Å². The first kappa shape index (κ1) is 9.75. The largest absolute Gasteiger partial charge is 0.144 e. The van der Waals surface area contributed by atoms with Crippen molar-refractivity contribution in [3.05, 3.63) is 41.3 Å². The van der Waals surface area contributed by atoms with Gasteiger partial charge in [0.2, 0.25) is 0 Å². The summed E-state index contributed by atoms with van der Waals surface area (Å²) >= 11 is 7.37. The number of hydrogen-bond donors (Lipinski definition) is 0. The minimum atomic E-state index is 0.692. The van der Waals surface area contributed by atoms with Crippen LogP contribution in [-0.2, 0) is 0 Å². The van der Waals surface area contributed by atoms with Crippen LogP contribution in [-0.4, -0.2) is 5.88 Å². The van der Waals surface area contributed by atoms with Gasteiger partial charge in [0.05, 0.1) is 0 Å². The SMILES string of the molecule is ClCCC=Cc1ccc2sccc2c1. The zero-order valence-corrected chi connectivity index (χ0v) is 9.31. The standard InChI is InChI=1S/C12H11ClS/c13-7-2-1-3-10-4-5-12-11(9-10)6-8-14-12/h1,3-6,8-9H,2,7H2. The fraction of sp³-hybridized carbons (Fsp3) is 0.167. The van der Waals surface area contributed by atoms with Gasteiger partial charge < -0.3 is 0 Å². The molecular formula is C12H11ClS. The van der Waals surface area contributed by atoms with Gasteiger partial charge in [-0.25, -0.2) is 0 Å². The number of hydrogen-bond acceptors (Lipinski definition) is 1. The van der Waals surface area contributed by atoms with Gasteiger partial charge in [0.1, 0.15) is 0 Å². The summed E-state index contributed by atoms with van der Waals surface area (Å²) in [5.74, 6) is 0.692. The van der Waals surface area contributed by atoms with Gasteiger partial charge in [-0.05, 0) is 40.9 Å². The van der Waals surface area contributed by atoms with Crippen LogP contribution in [0.15, 0.2) is 35.7 Å². The molecule has 0 fully saturated rings. The highest BCUT2D eigenvalue weighted by Crippen LogP contribution is 2.22. The minimum absolute atomic E-state index is 0.692. The van der Waals surface area contributed by atoms with E-state index in [9.17, 15) is 0 Å². The van der Waals surface area contributed by atoms with Gasteiger partial charge in [-0.15, -0.1) is 22.9 Å². The lowest BCUT2D eigenvalue weighted by molar-refractivity contribution is 1.24. The lowest BCUT2D eigenvalue weighted by Crippen LogP contribution is -1.71. The average Bonchev–Trinajstić information content (AvgIpc) is 2.65. The van der Waals surface area contributed by atoms with Crippen LogP contribution in [0.5, 0.6) is 0 Å². The number of thiophene rings is 1. The first-order valence-electron chi connectivity index (χ1n) is 4.60. The molecule has 0 aliphatic rings. The molecule has 0 radical (unpaired) electrons. The van der Waals surface area contributed by atoms with Gasteiger partial charge in [0.25, 0.3) is 0 Å². The van der Waals surface area contributed by atoms with E-state index in [1.54, 1.807) is 11.3 Å². The summed E-state index contributed by atoms with van der Waals surface area (Å²) in [5.41, 5.74) is 1.25. The zero-order valence-electron chi connectivity index (χ0n) is 7.74. The molecule has 0 amide bonds. The Hall–Kier alpha value is -0.790. The summed E-state index contributed by atoms with van der Waals surface area (Å²) in [6, 6.07) is 8.67. The molecule has 1 heterocycles. The van der Waals surface area contributed by atoms with E-state index >= 15 is 0 Å². The fourth-order valence-electron chi connectivity index (χ4n) is 1.37. The Labute approximate surface area is 92.8 Å². The molecule has 0 spiro atoms. The predicted molar refractivity (Wildman–Crippen MR) is 66.2 cm³/mol. The van der Waals surface area contributed by atoms with Crippen molar-refractivity contribution in [2.24, 2.45) is 0 Å². The maximum Gasteiger partial charge on any atom is 0.0343 e. The fourth-order valence-corrected chi connectivity index (χ4v) is 2.27. The van der Waals surface area contributed by atoms with E-state index in [0.717, 1.165) is 6.42 Å². The van der Waals surface area contributed by atoms with Crippen molar-refractivity contribution >= 4 is 39.1 Å². The van der Waals surface area contributed by atoms with Crippen LogP contribution in [0.3, 0.4) is 0 Å². The van der Waals surface area contributed by atoms with Crippen molar-refractivity contribution in [3.8, 4) is 0 Å². The molecule has 0 saturated carbocycles. The summed E-state index contributed by atoms with van der Waals surface area (Å²) in [7, 11) is 0. The molecular weight excluding hydrogens is 212 g/mol. The van der Waals surface area contributed by atoms with Crippen LogP contribution < -0.4 is 0 Å². The Morgan fingerprint density at radius 3 is 3.07 bits per heavy atom. The molecule has 2 heteroatoms. The van der Waals surface area contributed by atoms with Crippen LogP contribution in [0.2, 0.25) is 0 Å². The van der Waals surface area contributed by atoms with Crippen LogP contribution in [0, 0.1) is 0 Å². The minimum Gasteiger partial charge on any atom is -0.144 e. The topological polar surface area (TPSA) is 0 Å². The Morgan fingerprint density at radius 1 is 1.29 bits per heavy atom. The molecule has 1 aromatic carbocycles. The molecule has 2 aromatic rings. The number of fused-ring (bicyclic) bond motifs is 1. The third kappa shape index (κ3) is 2.17. The number of rotatable bonds is 3. The van der Waals surface area contributed by atoms with Crippen LogP contribution in [0.1, 0.15) is 12.0 Å². The van der Waals surface area contributed by atoms with Gasteiger partial charge in [-0.3, -0.25) is 0 Å². The maximum atomic E-state index is 5.60. The van der Waals surface area contributed by atoms with Gasteiger partial charge in [0, 0.05) is 10.6 Å². The monoisotopic (exact) mass is 222 g/mol. The molecule has 0 aliphatic carbocycles. The predicted octanol–water partition coefficient (Wildman–Crippen LogP) is 4.54. The van der Waals surface area contributed by atoms with Crippen molar-refractivity contribution in [2.45, 2.75) is 6.42 Å². The summed E-state index contributed by atoms with van der Waals surface area (Å²) in [6.07, 6.45) is 5.17. The number of allylic oxidation sites excluding steroid dienone is 1. The normalized spacial score (nSPS) is 11.5. The van der Waals surface area contributed by atoms with Crippen molar-refractivity contribution in [1.29, 1.82) is 0 Å². The maximum absolute atomic E-state index is 5.60. The second-order valence-electron chi connectivity index (χ2n) is 3.10. The highest BCUT2D eigenvalue weighted by atomic mass is 35.5. The van der Waals surface area contributed by atoms with Gasteiger partial charge in [-0.2, -0.15) is 0 Å². The second kappa shape index (κ2) is 4.63. The summed E-state index contributed by atoms with van der Waals surface area (Å²) in [5, 5.41) is 3.44. The Morgan fingerprint density at radius 2 is 2.21 bits per heavy atom. The number of halogens is 1. The molecule has 2 rings (SSSR count). The van der Waals surface area contributed by atoms with E-state index < -0.39 is 0 Å². The van der Waals surface area contributed by atoms with Gasteiger partial charge in [0.15, 0.2) is 0 Å². The smallest absolute Gasteiger partial charge is 0.0343 e. The van der Waals surface area contributed by atoms with Crippen molar-refractivity contribution in [2.75, 3.05) is 5.88 Å². The zero-order chi connectivity index (χ0) is 9.80. The average molecular weight is 223 g/mol. The Balaban J connectivity index is 2.25. The van der Waals surface area contributed by atoms with Crippen LogP contribution >= 0.6 is 22.9 Å². The molecule has 0 unspecified atom stereocenters. The first-order valence-corrected chi connectivity index (χ1v) is 6.01. The molecule has 0 bridgehead atoms. The molecule has 0 aliphatic heterocycles. The third-order valence-electron chi connectivity index (χ3n) is 2.06. The lowest BCUT2D eigenvalue weighted by atomic mass is 10.1. The summed E-state index contributed by atoms with van der Waals surface area (Å²) in [6.45, 7) is 0. The summed E-state index contributed by atoms with van der Waals surface area (Å²) in [4.78, 5) is 0. The highest BCUT2D eigenvalue weighted by Gasteiger charge is 1.94. The Bertz CT molecular complexity index is 442. The molecule has 0 atom stereocenters. The van der Waals surface area contributed by atoms with E-state index in [1.165, 1.54) is 15.6 Å². The highest BCUT2D eigenvalue weighted by molar-refractivity contribution is 7.17. The van der Waals surface area contributed by atoms with Crippen molar-refractivity contribution in [3.63, 3.8) is 0 Å². The van der Waals surface area contributed by atoms with Gasteiger partial charge in [-0.1, -0.05) is 18.2 Å². The molecule has 1 aromatic heterocycles. The van der Waals surface area contributed by atoms with Crippen molar-refractivity contribution in [1.82, 2.24) is 0 Å². The molecule has 0 N–H and O–H groups in total. The quantitative estimate of drug-likeness (QED) is 0.669. The van der Waals surface area contributed by atoms with Crippen LogP contribution in [0.25, 0.3) is 16.2 Å². The van der Waals surface area contributed by atoms with E-state index in [1.807, 2.05) is 0 Å². The van der Waals surface area contributed by atoms with Gasteiger partial charge >= 0.3 is 0 Å². The van der Waals surface area contributed by atoms with E-state index in [-0.39, 0.29) is 0 Å². The third-order valence-corrected chi connectivity index (χ3v) is 3.18. The van der Waals surface area contributed by atoms with E-state index in [0.29, 0.717) is 5.88 Å². The van der Waals surface area contributed by atoms with Crippen molar-refractivity contribution < 1.29 is 0 Å². The lowest BCUT2D eigenvalue weighted by Gasteiger charge is -1.93. The summed E-state index contributed by atoms with van der Waals surface area (Å²) < 4.78 is 1.35. The molecule has 0 nitrogen and oxygen atoms in total. The first-order chi connectivity index (χ1) is 6.90. The number of benzene rings is 1. The van der Waals surface area contributed by atoms with Crippen LogP contribution in [0.4, 0.5) is 0 Å². The number of alkyl halides is 1. The van der Waals surface area contributed by atoms with E-state index in [4.69, 9.17) is 11.6 Å². The molecule has 0 saturated heterocycles. The molecule has 14 heavy (non-hydrogen) atoms. The Kier molecular flexibility index (Phi) is 3.22.